The SMILES string of the molecule is C[C@H]1Oc2ccccc2O[C@H]1C(=O)N(C)Cc1nc2ccccc2c(=O)[nH]1. The summed E-state index contributed by atoms with van der Waals surface area (Å²) in [5.74, 6) is 1.34. The van der Waals surface area contributed by atoms with Crippen molar-refractivity contribution in [3.8, 4) is 11.5 Å². The minimum absolute atomic E-state index is 0.160. The van der Waals surface area contributed by atoms with Gasteiger partial charge in [0.05, 0.1) is 17.4 Å². The highest BCUT2D eigenvalue weighted by atomic mass is 16.6. The van der Waals surface area contributed by atoms with Crippen LogP contribution >= 0.6 is 0 Å². The van der Waals surface area contributed by atoms with Gasteiger partial charge in [0, 0.05) is 7.05 Å². The lowest BCUT2D eigenvalue weighted by Gasteiger charge is -2.33. The first-order valence-corrected chi connectivity index (χ1v) is 8.68. The zero-order chi connectivity index (χ0) is 19.0. The molecule has 7 nitrogen and oxygen atoms in total. The van der Waals surface area contributed by atoms with Gasteiger partial charge in [-0.15, -0.1) is 0 Å². The molecule has 3 aromatic rings. The van der Waals surface area contributed by atoms with Crippen molar-refractivity contribution in [2.45, 2.75) is 25.7 Å². The van der Waals surface area contributed by atoms with Crippen molar-refractivity contribution in [3.63, 3.8) is 0 Å². The van der Waals surface area contributed by atoms with E-state index >= 15 is 0 Å². The summed E-state index contributed by atoms with van der Waals surface area (Å²) in [4.78, 5) is 33.7. The number of benzene rings is 2. The Morgan fingerprint density at radius 3 is 2.56 bits per heavy atom. The number of nitrogens with one attached hydrogen (secondary N) is 1. The maximum absolute atomic E-state index is 12.9. The molecule has 4 rings (SSSR count). The highest BCUT2D eigenvalue weighted by Gasteiger charge is 2.36. The van der Waals surface area contributed by atoms with Crippen molar-refractivity contribution in [1.82, 2.24) is 14.9 Å². The van der Waals surface area contributed by atoms with Crippen LogP contribution < -0.4 is 15.0 Å². The maximum atomic E-state index is 12.9. The van der Waals surface area contributed by atoms with Gasteiger partial charge < -0.3 is 19.4 Å². The standard InChI is InChI=1S/C20H19N3O4/c1-12-18(27-16-10-6-5-9-15(16)26-12)20(25)23(2)11-17-21-14-8-4-3-7-13(14)19(24)22-17/h3-10,12,18H,11H2,1-2H3,(H,21,22,24)/t12-,18-/m1/s1. The zero-order valence-electron chi connectivity index (χ0n) is 15.0. The lowest BCUT2D eigenvalue weighted by Crippen LogP contribution is -2.49. The number of ether oxygens (including phenoxy) is 2. The van der Waals surface area contributed by atoms with Crippen LogP contribution in [0.1, 0.15) is 12.7 Å². The van der Waals surface area contributed by atoms with Crippen molar-refractivity contribution < 1.29 is 14.3 Å². The van der Waals surface area contributed by atoms with Gasteiger partial charge in [-0.1, -0.05) is 24.3 Å². The number of carbonyl (C=O) groups excluding carboxylic acids is 1. The molecule has 0 saturated carbocycles. The predicted octanol–water partition coefficient (Wildman–Crippen LogP) is 2.11. The quantitative estimate of drug-likeness (QED) is 0.768. The van der Waals surface area contributed by atoms with Gasteiger partial charge in [0.15, 0.2) is 11.5 Å². The molecule has 0 bridgehead atoms. The number of aromatic amines is 1. The van der Waals surface area contributed by atoms with Crippen LogP contribution in [0.25, 0.3) is 10.9 Å². The van der Waals surface area contributed by atoms with Crippen molar-refractivity contribution in [2.24, 2.45) is 0 Å². The molecule has 138 valence electrons. The summed E-state index contributed by atoms with van der Waals surface area (Å²) in [5.41, 5.74) is 0.368. The van der Waals surface area contributed by atoms with Crippen LogP contribution in [0.4, 0.5) is 0 Å². The Kier molecular flexibility index (Phi) is 4.27. The third-order valence-electron chi connectivity index (χ3n) is 4.51. The number of hydrogen-bond donors (Lipinski definition) is 1. The minimum Gasteiger partial charge on any atom is -0.482 e. The normalized spacial score (nSPS) is 18.3. The second-order valence-corrected chi connectivity index (χ2v) is 6.53. The van der Waals surface area contributed by atoms with E-state index < -0.39 is 12.2 Å². The average molecular weight is 365 g/mol. The highest BCUT2D eigenvalue weighted by Crippen LogP contribution is 2.33. The van der Waals surface area contributed by atoms with Gasteiger partial charge in [0.1, 0.15) is 11.9 Å². The van der Waals surface area contributed by atoms with Gasteiger partial charge in [-0.25, -0.2) is 4.98 Å². The van der Waals surface area contributed by atoms with Gasteiger partial charge in [0.2, 0.25) is 6.10 Å². The number of nitrogens with zero attached hydrogens (tertiary/aromatic N) is 2. The first kappa shape index (κ1) is 17.1. The van der Waals surface area contributed by atoms with E-state index in [0.717, 1.165) is 0 Å². The minimum atomic E-state index is -0.767. The van der Waals surface area contributed by atoms with Crippen LogP contribution in [-0.2, 0) is 11.3 Å². The lowest BCUT2D eigenvalue weighted by atomic mass is 10.1. The van der Waals surface area contributed by atoms with E-state index in [0.29, 0.717) is 28.2 Å². The van der Waals surface area contributed by atoms with E-state index in [1.807, 2.05) is 18.2 Å². The largest absolute Gasteiger partial charge is 0.482 e. The Hall–Kier alpha value is -3.35. The topological polar surface area (TPSA) is 84.5 Å². The van der Waals surface area contributed by atoms with Crippen LogP contribution in [-0.4, -0.2) is 40.0 Å². The molecule has 0 fully saturated rings. The number of para-hydroxylation sites is 3. The predicted molar refractivity (Wildman–Crippen MR) is 99.8 cm³/mol. The molecule has 27 heavy (non-hydrogen) atoms. The monoisotopic (exact) mass is 365 g/mol. The second kappa shape index (κ2) is 6.75. The van der Waals surface area contributed by atoms with Crippen molar-refractivity contribution in [3.05, 3.63) is 64.7 Å². The summed E-state index contributed by atoms with van der Waals surface area (Å²) in [7, 11) is 1.65. The Morgan fingerprint density at radius 2 is 1.78 bits per heavy atom. The van der Waals surface area contributed by atoms with Gasteiger partial charge in [-0.05, 0) is 31.2 Å². The van der Waals surface area contributed by atoms with Crippen molar-refractivity contribution >= 4 is 16.8 Å². The zero-order valence-corrected chi connectivity index (χ0v) is 15.0. The molecule has 1 aromatic heterocycles. The first-order valence-electron chi connectivity index (χ1n) is 8.68. The lowest BCUT2D eigenvalue weighted by molar-refractivity contribution is -0.143. The summed E-state index contributed by atoms with van der Waals surface area (Å²) in [5, 5.41) is 0.518. The molecule has 1 amide bonds. The summed E-state index contributed by atoms with van der Waals surface area (Å²) < 4.78 is 11.6. The van der Waals surface area contributed by atoms with E-state index in [1.54, 1.807) is 44.3 Å². The average Bonchev–Trinajstić information content (AvgIpc) is 2.67. The highest BCUT2D eigenvalue weighted by molar-refractivity contribution is 5.82. The number of hydrogen-bond acceptors (Lipinski definition) is 5. The Bertz CT molecular complexity index is 1060. The Morgan fingerprint density at radius 1 is 1.11 bits per heavy atom. The van der Waals surface area contributed by atoms with E-state index in [4.69, 9.17) is 9.47 Å². The van der Waals surface area contributed by atoms with E-state index in [-0.39, 0.29) is 18.0 Å². The fourth-order valence-electron chi connectivity index (χ4n) is 3.12. The number of fused-ring (bicyclic) bond motifs is 2. The number of carbonyl (C=O) groups is 1. The molecular formula is C20H19N3O4. The molecule has 1 aliphatic heterocycles. The van der Waals surface area contributed by atoms with E-state index in [2.05, 4.69) is 9.97 Å². The summed E-state index contributed by atoms with van der Waals surface area (Å²) in [6, 6.07) is 14.3. The van der Waals surface area contributed by atoms with Crippen LogP contribution in [0.2, 0.25) is 0 Å². The fourth-order valence-corrected chi connectivity index (χ4v) is 3.12. The molecule has 2 aromatic carbocycles. The summed E-state index contributed by atoms with van der Waals surface area (Å²) >= 11 is 0. The molecule has 1 aliphatic rings. The maximum Gasteiger partial charge on any atom is 0.267 e. The number of rotatable bonds is 3. The smallest absolute Gasteiger partial charge is 0.267 e. The third-order valence-corrected chi connectivity index (χ3v) is 4.51. The van der Waals surface area contributed by atoms with Gasteiger partial charge in [-0.3, -0.25) is 9.59 Å². The second-order valence-electron chi connectivity index (χ2n) is 6.53. The molecule has 2 atom stereocenters. The number of H-pyrrole nitrogens is 1. The Labute approximate surface area is 155 Å². The van der Waals surface area contributed by atoms with Gasteiger partial charge in [0.25, 0.3) is 11.5 Å². The molecule has 1 N–H and O–H groups in total. The number of amides is 1. The molecule has 0 unspecified atom stereocenters. The van der Waals surface area contributed by atoms with Crippen molar-refractivity contribution in [1.29, 1.82) is 0 Å². The number of likely N-dealkylation sites (N-methyl/N-ethyl adjacent to an activating group) is 1. The molecule has 2 heterocycles. The summed E-state index contributed by atoms with van der Waals surface area (Å²) in [6.07, 6.45) is -1.20. The Balaban J connectivity index is 1.54. The van der Waals surface area contributed by atoms with Crippen LogP contribution in [0, 0.1) is 0 Å². The van der Waals surface area contributed by atoms with Crippen LogP contribution in [0.15, 0.2) is 53.3 Å². The third kappa shape index (κ3) is 3.23. The molecule has 0 aliphatic carbocycles. The van der Waals surface area contributed by atoms with Crippen LogP contribution in [0.3, 0.4) is 0 Å². The fraction of sp³-hybridized carbons (Fsp3) is 0.250. The summed E-state index contributed by atoms with van der Waals surface area (Å²) in [6.45, 7) is 1.95. The van der Waals surface area contributed by atoms with Gasteiger partial charge in [-0.2, -0.15) is 0 Å². The number of aromatic nitrogens is 2. The van der Waals surface area contributed by atoms with Gasteiger partial charge >= 0.3 is 0 Å². The van der Waals surface area contributed by atoms with Crippen molar-refractivity contribution in [2.75, 3.05) is 7.05 Å². The molecule has 7 heteroatoms. The first-order chi connectivity index (χ1) is 13.0. The molecular weight excluding hydrogens is 346 g/mol. The molecule has 0 radical (unpaired) electrons. The van der Waals surface area contributed by atoms with Crippen LogP contribution in [0.5, 0.6) is 11.5 Å². The van der Waals surface area contributed by atoms with E-state index in [9.17, 15) is 9.59 Å². The van der Waals surface area contributed by atoms with E-state index in [1.165, 1.54) is 4.90 Å². The molecule has 0 saturated heterocycles. The molecule has 0 spiro atoms.